The Morgan fingerprint density at radius 2 is 2.12 bits per heavy atom. The molecule has 1 aromatic carbocycles. The zero-order chi connectivity index (χ0) is 17.2. The molecule has 1 amide bonds. The summed E-state index contributed by atoms with van der Waals surface area (Å²) in [5.41, 5.74) is 0.255. The minimum Gasteiger partial charge on any atom is -0.440 e. The first-order valence-electron chi connectivity index (χ1n) is 8.06. The highest BCUT2D eigenvalue weighted by molar-refractivity contribution is 7.98. The Balaban J connectivity index is 1.79. The lowest BCUT2D eigenvalue weighted by Gasteiger charge is -2.22. The maximum Gasteiger partial charge on any atom is 0.273 e. The minimum atomic E-state index is -0.944. The summed E-state index contributed by atoms with van der Waals surface area (Å²) in [6.07, 6.45) is 3.97. The highest BCUT2D eigenvalue weighted by Crippen LogP contribution is 2.43. The Kier molecular flexibility index (Phi) is 4.96. The van der Waals surface area contributed by atoms with Gasteiger partial charge in [-0.15, -0.1) is 0 Å². The Morgan fingerprint density at radius 3 is 2.75 bits per heavy atom. The number of oxazole rings is 1. The van der Waals surface area contributed by atoms with E-state index in [1.54, 1.807) is 18.7 Å². The number of carbonyl (C=O) groups excluding carboxylic acids is 1. The van der Waals surface area contributed by atoms with Gasteiger partial charge < -0.3 is 14.8 Å². The minimum absolute atomic E-state index is 0.185. The van der Waals surface area contributed by atoms with Crippen LogP contribution in [0.1, 0.15) is 41.9 Å². The molecule has 1 fully saturated rings. The molecule has 0 saturated heterocycles. The van der Waals surface area contributed by atoms with Crippen molar-refractivity contribution in [3.8, 4) is 11.5 Å². The van der Waals surface area contributed by atoms with Crippen molar-refractivity contribution in [1.82, 2.24) is 10.3 Å². The Labute approximate surface area is 145 Å². The topological polar surface area (TPSA) is 75.4 Å². The third kappa shape index (κ3) is 3.99. The average Bonchev–Trinajstić information content (AvgIpc) is 3.32. The Bertz CT molecular complexity index is 708. The summed E-state index contributed by atoms with van der Waals surface area (Å²) in [4.78, 5) is 17.0. The maximum absolute atomic E-state index is 12.5. The van der Waals surface area contributed by atoms with Gasteiger partial charge in [0.05, 0.1) is 5.60 Å². The number of hydrogen-bond donors (Lipinski definition) is 2. The van der Waals surface area contributed by atoms with Gasteiger partial charge in [-0.2, -0.15) is 11.8 Å². The van der Waals surface area contributed by atoms with Gasteiger partial charge in [-0.1, -0.05) is 18.2 Å². The number of nitrogens with one attached hydrogen (secondary N) is 1. The zero-order valence-corrected chi connectivity index (χ0v) is 14.7. The first-order valence-corrected chi connectivity index (χ1v) is 9.45. The van der Waals surface area contributed by atoms with Crippen LogP contribution >= 0.6 is 11.8 Å². The van der Waals surface area contributed by atoms with E-state index in [1.807, 2.05) is 36.6 Å². The van der Waals surface area contributed by atoms with Crippen molar-refractivity contribution < 1.29 is 14.3 Å². The summed E-state index contributed by atoms with van der Waals surface area (Å²) in [6, 6.07) is 9.57. The highest BCUT2D eigenvalue weighted by atomic mass is 32.2. The normalized spacial score (nSPS) is 16.6. The van der Waals surface area contributed by atoms with Gasteiger partial charge in [-0.05, 0) is 38.2 Å². The largest absolute Gasteiger partial charge is 0.440 e. The van der Waals surface area contributed by atoms with Crippen molar-refractivity contribution in [2.75, 3.05) is 18.6 Å². The molecule has 128 valence electrons. The van der Waals surface area contributed by atoms with E-state index >= 15 is 0 Å². The zero-order valence-electron chi connectivity index (χ0n) is 13.9. The van der Waals surface area contributed by atoms with Crippen LogP contribution in [0.3, 0.4) is 0 Å². The van der Waals surface area contributed by atoms with Gasteiger partial charge in [0, 0.05) is 23.8 Å². The number of thioether (sulfide) groups is 1. The highest BCUT2D eigenvalue weighted by Gasteiger charge is 2.34. The third-order valence-electron chi connectivity index (χ3n) is 3.92. The number of rotatable bonds is 7. The van der Waals surface area contributed by atoms with Crippen molar-refractivity contribution in [3.63, 3.8) is 0 Å². The van der Waals surface area contributed by atoms with E-state index < -0.39 is 5.60 Å². The molecule has 2 N–H and O–H groups in total. The van der Waals surface area contributed by atoms with Crippen LogP contribution in [0.25, 0.3) is 11.5 Å². The molecular formula is C18H22N2O3S. The molecule has 0 spiro atoms. The lowest BCUT2D eigenvalue weighted by atomic mass is 10.1. The van der Waals surface area contributed by atoms with Gasteiger partial charge in [0.2, 0.25) is 5.89 Å². The summed E-state index contributed by atoms with van der Waals surface area (Å²) in [5, 5.41) is 13.0. The predicted octanol–water partition coefficient (Wildman–Crippen LogP) is 3.06. The van der Waals surface area contributed by atoms with E-state index in [1.165, 1.54) is 0 Å². The number of aliphatic hydroxyl groups is 1. The van der Waals surface area contributed by atoms with E-state index in [0.717, 1.165) is 18.4 Å². The van der Waals surface area contributed by atoms with Crippen LogP contribution in [-0.4, -0.2) is 40.2 Å². The summed E-state index contributed by atoms with van der Waals surface area (Å²) in [6.45, 7) is 1.90. The first-order chi connectivity index (χ1) is 11.5. The fourth-order valence-electron chi connectivity index (χ4n) is 2.54. The molecule has 24 heavy (non-hydrogen) atoms. The summed E-state index contributed by atoms with van der Waals surface area (Å²) in [7, 11) is 0. The van der Waals surface area contributed by atoms with Gasteiger partial charge in [0.1, 0.15) is 5.76 Å². The van der Waals surface area contributed by atoms with E-state index in [2.05, 4.69) is 10.3 Å². The quantitative estimate of drug-likeness (QED) is 0.806. The van der Waals surface area contributed by atoms with Crippen molar-refractivity contribution in [3.05, 3.63) is 41.8 Å². The van der Waals surface area contributed by atoms with E-state index in [-0.39, 0.29) is 18.4 Å². The molecule has 0 bridgehead atoms. The summed E-state index contributed by atoms with van der Waals surface area (Å²) < 4.78 is 5.89. The maximum atomic E-state index is 12.5. The molecule has 1 aliphatic carbocycles. The van der Waals surface area contributed by atoms with Crippen LogP contribution < -0.4 is 5.32 Å². The first kappa shape index (κ1) is 17.0. The Morgan fingerprint density at radius 1 is 1.42 bits per heavy atom. The number of benzene rings is 1. The van der Waals surface area contributed by atoms with Crippen LogP contribution in [-0.2, 0) is 0 Å². The second kappa shape index (κ2) is 6.99. The molecule has 0 radical (unpaired) electrons. The van der Waals surface area contributed by atoms with Crippen LogP contribution in [0.2, 0.25) is 0 Å². The Hall–Kier alpha value is -1.79. The SMILES string of the molecule is CSCC(C)(O)CNC(=O)c1nc(-c2ccccc2)oc1C1CC1. The molecule has 6 heteroatoms. The molecular weight excluding hydrogens is 324 g/mol. The second-order valence-corrected chi connectivity index (χ2v) is 7.35. The second-order valence-electron chi connectivity index (χ2n) is 6.48. The number of hydrogen-bond acceptors (Lipinski definition) is 5. The van der Waals surface area contributed by atoms with Crippen LogP contribution in [0.4, 0.5) is 0 Å². The molecule has 2 aromatic rings. The van der Waals surface area contributed by atoms with Crippen LogP contribution in [0.15, 0.2) is 34.7 Å². The van der Waals surface area contributed by atoms with Crippen molar-refractivity contribution in [2.45, 2.75) is 31.3 Å². The standard InChI is InChI=1S/C18H22N2O3S/c1-18(22,11-24-2)10-19-16(21)14-15(12-8-9-12)23-17(20-14)13-6-4-3-5-7-13/h3-7,12,22H,8-11H2,1-2H3,(H,19,21). The fourth-order valence-corrected chi connectivity index (χ4v) is 3.26. The lowest BCUT2D eigenvalue weighted by Crippen LogP contribution is -2.42. The van der Waals surface area contributed by atoms with Gasteiger partial charge in [0.15, 0.2) is 5.69 Å². The predicted molar refractivity (Wildman–Crippen MR) is 95.3 cm³/mol. The lowest BCUT2D eigenvalue weighted by molar-refractivity contribution is 0.0721. The van der Waals surface area contributed by atoms with Crippen molar-refractivity contribution in [1.29, 1.82) is 0 Å². The van der Waals surface area contributed by atoms with Crippen molar-refractivity contribution in [2.24, 2.45) is 0 Å². The molecule has 1 atom stereocenters. The third-order valence-corrected chi connectivity index (χ3v) is 4.83. The van der Waals surface area contributed by atoms with E-state index in [4.69, 9.17) is 4.42 Å². The smallest absolute Gasteiger partial charge is 0.273 e. The molecule has 1 saturated carbocycles. The molecule has 1 unspecified atom stereocenters. The number of aromatic nitrogens is 1. The van der Waals surface area contributed by atoms with Gasteiger partial charge in [0.25, 0.3) is 5.91 Å². The molecule has 0 aliphatic heterocycles. The molecule has 1 heterocycles. The van der Waals surface area contributed by atoms with Gasteiger partial charge in [-0.3, -0.25) is 4.79 Å². The van der Waals surface area contributed by atoms with Crippen molar-refractivity contribution >= 4 is 17.7 Å². The van der Waals surface area contributed by atoms with E-state index in [0.29, 0.717) is 23.1 Å². The van der Waals surface area contributed by atoms with Gasteiger partial charge >= 0.3 is 0 Å². The number of nitrogens with zero attached hydrogens (tertiary/aromatic N) is 1. The van der Waals surface area contributed by atoms with Gasteiger partial charge in [-0.25, -0.2) is 4.98 Å². The fraction of sp³-hybridized carbons (Fsp3) is 0.444. The number of amides is 1. The monoisotopic (exact) mass is 346 g/mol. The number of carbonyl (C=O) groups is 1. The summed E-state index contributed by atoms with van der Waals surface area (Å²) >= 11 is 1.54. The van der Waals surface area contributed by atoms with E-state index in [9.17, 15) is 9.90 Å². The molecule has 1 aromatic heterocycles. The molecule has 1 aliphatic rings. The van der Waals surface area contributed by atoms with Crippen LogP contribution in [0, 0.1) is 0 Å². The molecule has 3 rings (SSSR count). The summed E-state index contributed by atoms with van der Waals surface area (Å²) in [5.74, 6) is 1.68. The molecule has 5 nitrogen and oxygen atoms in total. The van der Waals surface area contributed by atoms with Crippen LogP contribution in [0.5, 0.6) is 0 Å². The average molecular weight is 346 g/mol.